The van der Waals surface area contributed by atoms with Crippen LogP contribution in [0.25, 0.3) is 0 Å². The Hall–Kier alpha value is -0.120. The van der Waals surface area contributed by atoms with Crippen LogP contribution < -0.4 is 5.32 Å². The summed E-state index contributed by atoms with van der Waals surface area (Å²) in [6.07, 6.45) is 1.14. The lowest BCUT2D eigenvalue weighted by Crippen LogP contribution is -2.47. The first-order chi connectivity index (χ1) is 7.40. The molecule has 1 rings (SSSR count). The van der Waals surface area contributed by atoms with E-state index in [0.29, 0.717) is 5.92 Å². The van der Waals surface area contributed by atoms with Gasteiger partial charge in [0.2, 0.25) is 0 Å². The van der Waals surface area contributed by atoms with E-state index in [-0.39, 0.29) is 11.0 Å². The number of ether oxygens (including phenoxy) is 2. The molecule has 0 radical (unpaired) electrons. The summed E-state index contributed by atoms with van der Waals surface area (Å²) < 4.78 is 10.9. The maximum atomic E-state index is 5.60. The average Bonchev–Trinajstić information content (AvgIpc) is 2.64. The molecule has 0 aliphatic carbocycles. The summed E-state index contributed by atoms with van der Waals surface area (Å²) in [4.78, 5) is 0. The monoisotopic (exact) mass is 229 g/mol. The first-order valence-corrected chi connectivity index (χ1v) is 6.21. The SMILES string of the molecule is COCC(C)C1(CNC(C)(C)C)CCOC1. The van der Waals surface area contributed by atoms with Crippen LogP contribution in [-0.4, -0.2) is 39.0 Å². The molecule has 0 aromatic carbocycles. The van der Waals surface area contributed by atoms with E-state index in [4.69, 9.17) is 9.47 Å². The normalized spacial score (nSPS) is 28.3. The molecule has 2 atom stereocenters. The van der Waals surface area contributed by atoms with Gasteiger partial charge in [-0.1, -0.05) is 6.92 Å². The second-order valence-electron chi connectivity index (χ2n) is 6.12. The van der Waals surface area contributed by atoms with E-state index in [1.165, 1.54) is 0 Å². The lowest BCUT2D eigenvalue weighted by Gasteiger charge is -2.36. The topological polar surface area (TPSA) is 30.5 Å². The van der Waals surface area contributed by atoms with Crippen LogP contribution >= 0.6 is 0 Å². The Morgan fingerprint density at radius 2 is 2.12 bits per heavy atom. The van der Waals surface area contributed by atoms with Gasteiger partial charge in [0.1, 0.15) is 0 Å². The van der Waals surface area contributed by atoms with Crippen LogP contribution in [0.15, 0.2) is 0 Å². The Morgan fingerprint density at radius 3 is 2.56 bits per heavy atom. The molecule has 1 aliphatic heterocycles. The highest BCUT2D eigenvalue weighted by atomic mass is 16.5. The minimum Gasteiger partial charge on any atom is -0.384 e. The van der Waals surface area contributed by atoms with Crippen LogP contribution in [0.3, 0.4) is 0 Å². The quantitative estimate of drug-likeness (QED) is 0.783. The Kier molecular flexibility index (Phi) is 4.77. The van der Waals surface area contributed by atoms with E-state index in [9.17, 15) is 0 Å². The Morgan fingerprint density at radius 1 is 1.44 bits per heavy atom. The van der Waals surface area contributed by atoms with Crippen molar-refractivity contribution in [2.75, 3.05) is 33.5 Å². The standard InChI is InChI=1S/C13H27NO2/c1-11(8-15-5)13(6-7-16-10-13)9-14-12(2,3)4/h11,14H,6-10H2,1-5H3. The lowest BCUT2D eigenvalue weighted by atomic mass is 9.75. The predicted molar refractivity (Wildman–Crippen MR) is 66.7 cm³/mol. The zero-order valence-corrected chi connectivity index (χ0v) is 11.4. The third kappa shape index (κ3) is 3.72. The fourth-order valence-electron chi connectivity index (χ4n) is 2.19. The average molecular weight is 229 g/mol. The Bertz CT molecular complexity index is 204. The molecule has 0 amide bonds. The second-order valence-corrected chi connectivity index (χ2v) is 6.12. The Balaban J connectivity index is 2.58. The van der Waals surface area contributed by atoms with Crippen LogP contribution in [0.2, 0.25) is 0 Å². The van der Waals surface area contributed by atoms with Crippen molar-refractivity contribution in [1.29, 1.82) is 0 Å². The van der Waals surface area contributed by atoms with Gasteiger partial charge < -0.3 is 14.8 Å². The third-order valence-electron chi connectivity index (χ3n) is 3.57. The van der Waals surface area contributed by atoms with Gasteiger partial charge in [-0.2, -0.15) is 0 Å². The molecule has 1 fully saturated rings. The van der Waals surface area contributed by atoms with Crippen molar-refractivity contribution < 1.29 is 9.47 Å². The largest absolute Gasteiger partial charge is 0.384 e. The summed E-state index contributed by atoms with van der Waals surface area (Å²) in [6.45, 7) is 12.5. The van der Waals surface area contributed by atoms with Crippen LogP contribution in [0, 0.1) is 11.3 Å². The number of nitrogens with one attached hydrogen (secondary N) is 1. The van der Waals surface area contributed by atoms with Gasteiger partial charge in [-0.25, -0.2) is 0 Å². The van der Waals surface area contributed by atoms with Crippen molar-refractivity contribution >= 4 is 0 Å². The minimum atomic E-state index is 0.169. The summed E-state index contributed by atoms with van der Waals surface area (Å²) in [5.41, 5.74) is 0.422. The van der Waals surface area contributed by atoms with E-state index in [1.54, 1.807) is 7.11 Å². The van der Waals surface area contributed by atoms with Gasteiger partial charge in [-0.05, 0) is 33.1 Å². The van der Waals surface area contributed by atoms with Crippen LogP contribution in [0.5, 0.6) is 0 Å². The molecule has 16 heavy (non-hydrogen) atoms. The van der Waals surface area contributed by atoms with Crippen molar-refractivity contribution in [2.24, 2.45) is 11.3 Å². The van der Waals surface area contributed by atoms with Crippen molar-refractivity contribution in [3.8, 4) is 0 Å². The maximum absolute atomic E-state index is 5.60. The van der Waals surface area contributed by atoms with Crippen LogP contribution in [0.1, 0.15) is 34.1 Å². The maximum Gasteiger partial charge on any atom is 0.0538 e. The highest BCUT2D eigenvalue weighted by Gasteiger charge is 2.40. The van der Waals surface area contributed by atoms with Gasteiger partial charge in [-0.3, -0.25) is 0 Å². The summed E-state index contributed by atoms with van der Waals surface area (Å²) >= 11 is 0. The van der Waals surface area contributed by atoms with Crippen molar-refractivity contribution in [3.05, 3.63) is 0 Å². The minimum absolute atomic E-state index is 0.169. The van der Waals surface area contributed by atoms with Gasteiger partial charge >= 0.3 is 0 Å². The molecular weight excluding hydrogens is 202 g/mol. The van der Waals surface area contributed by atoms with Crippen molar-refractivity contribution in [1.82, 2.24) is 5.32 Å². The fourth-order valence-corrected chi connectivity index (χ4v) is 2.19. The van der Waals surface area contributed by atoms with Gasteiger partial charge in [0.05, 0.1) is 6.61 Å². The molecule has 0 spiro atoms. The van der Waals surface area contributed by atoms with E-state index < -0.39 is 0 Å². The van der Waals surface area contributed by atoms with Crippen molar-refractivity contribution in [3.63, 3.8) is 0 Å². The van der Waals surface area contributed by atoms with Gasteiger partial charge in [0.25, 0.3) is 0 Å². The zero-order chi connectivity index (χ0) is 12.2. The van der Waals surface area contributed by atoms with E-state index in [2.05, 4.69) is 33.0 Å². The predicted octanol–water partition coefficient (Wildman–Crippen LogP) is 2.06. The molecule has 2 unspecified atom stereocenters. The number of rotatable bonds is 5. The van der Waals surface area contributed by atoms with Gasteiger partial charge in [0, 0.05) is 37.8 Å². The molecule has 0 aromatic rings. The number of hydrogen-bond acceptors (Lipinski definition) is 3. The van der Waals surface area contributed by atoms with Crippen molar-refractivity contribution in [2.45, 2.75) is 39.7 Å². The second kappa shape index (κ2) is 5.48. The molecule has 0 aromatic heterocycles. The zero-order valence-electron chi connectivity index (χ0n) is 11.4. The van der Waals surface area contributed by atoms with Gasteiger partial charge in [0.15, 0.2) is 0 Å². The summed E-state index contributed by atoms with van der Waals surface area (Å²) in [6, 6.07) is 0. The fraction of sp³-hybridized carbons (Fsp3) is 1.00. The number of hydrogen-bond donors (Lipinski definition) is 1. The molecule has 3 heteroatoms. The molecule has 1 aliphatic rings. The number of methoxy groups -OCH3 is 1. The molecule has 1 heterocycles. The molecule has 1 N–H and O–H groups in total. The summed E-state index contributed by atoms with van der Waals surface area (Å²) in [5.74, 6) is 0.537. The molecule has 1 saturated heterocycles. The van der Waals surface area contributed by atoms with E-state index in [1.807, 2.05) is 0 Å². The highest BCUT2D eigenvalue weighted by Crippen LogP contribution is 2.36. The third-order valence-corrected chi connectivity index (χ3v) is 3.57. The van der Waals surface area contributed by atoms with Crippen LogP contribution in [-0.2, 0) is 9.47 Å². The highest BCUT2D eigenvalue weighted by molar-refractivity contribution is 4.91. The summed E-state index contributed by atoms with van der Waals surface area (Å²) in [5, 5.41) is 3.61. The molecule has 3 nitrogen and oxygen atoms in total. The molecule has 96 valence electrons. The van der Waals surface area contributed by atoms with E-state index in [0.717, 1.165) is 32.8 Å². The first kappa shape index (κ1) is 13.9. The summed E-state index contributed by atoms with van der Waals surface area (Å²) in [7, 11) is 1.77. The molecular formula is C13H27NO2. The lowest BCUT2D eigenvalue weighted by molar-refractivity contribution is 0.0505. The molecule has 0 bridgehead atoms. The van der Waals surface area contributed by atoms with E-state index >= 15 is 0 Å². The Labute approximate surface area is 99.9 Å². The van der Waals surface area contributed by atoms with Gasteiger partial charge in [-0.15, -0.1) is 0 Å². The molecule has 0 saturated carbocycles. The van der Waals surface area contributed by atoms with Crippen LogP contribution in [0.4, 0.5) is 0 Å². The first-order valence-electron chi connectivity index (χ1n) is 6.21. The smallest absolute Gasteiger partial charge is 0.0538 e.